The Labute approximate surface area is 167 Å². The third-order valence-electron chi connectivity index (χ3n) is 4.51. The molecule has 1 unspecified atom stereocenters. The molecule has 6 heteroatoms. The molecule has 0 aliphatic carbocycles. The summed E-state index contributed by atoms with van der Waals surface area (Å²) < 4.78 is 0. The molecular weight excluding hydrogens is 352 g/mol. The van der Waals surface area contributed by atoms with Gasteiger partial charge in [0.1, 0.15) is 5.69 Å². The molecule has 28 heavy (non-hydrogen) atoms. The molecule has 1 aromatic carbocycles. The fraction of sp³-hybridized carbons (Fsp3) is 0.455. The zero-order chi connectivity index (χ0) is 20.4. The van der Waals surface area contributed by atoms with E-state index in [2.05, 4.69) is 27.4 Å². The van der Waals surface area contributed by atoms with Gasteiger partial charge >= 0.3 is 0 Å². The number of hydrogen-bond donors (Lipinski definition) is 1. The zero-order valence-electron chi connectivity index (χ0n) is 17.0. The fourth-order valence-corrected chi connectivity index (χ4v) is 2.93. The van der Waals surface area contributed by atoms with Gasteiger partial charge in [-0.05, 0) is 38.7 Å². The van der Waals surface area contributed by atoms with Crippen LogP contribution >= 0.6 is 0 Å². The molecule has 0 aliphatic heterocycles. The minimum atomic E-state index is -0.181. The second kappa shape index (κ2) is 11.2. The van der Waals surface area contributed by atoms with Crippen molar-refractivity contribution < 1.29 is 9.59 Å². The van der Waals surface area contributed by atoms with Crippen molar-refractivity contribution in [2.75, 3.05) is 13.1 Å². The van der Waals surface area contributed by atoms with Crippen molar-refractivity contribution in [1.82, 2.24) is 20.2 Å². The second-order valence-corrected chi connectivity index (χ2v) is 7.08. The maximum absolute atomic E-state index is 12.6. The van der Waals surface area contributed by atoms with Crippen LogP contribution in [0.4, 0.5) is 0 Å². The summed E-state index contributed by atoms with van der Waals surface area (Å²) in [5, 5.41) is 3.03. The molecule has 0 aliphatic rings. The Bertz CT molecular complexity index is 747. The highest BCUT2D eigenvalue weighted by atomic mass is 16.2. The van der Waals surface area contributed by atoms with Gasteiger partial charge < -0.3 is 10.2 Å². The molecule has 0 bridgehead atoms. The normalized spacial score (nSPS) is 11.7. The van der Waals surface area contributed by atoms with E-state index in [1.807, 2.05) is 39.0 Å². The number of benzene rings is 1. The molecule has 0 radical (unpaired) electrons. The molecule has 2 amide bonds. The number of nitrogens with one attached hydrogen (secondary N) is 1. The van der Waals surface area contributed by atoms with E-state index in [0.29, 0.717) is 18.8 Å². The summed E-state index contributed by atoms with van der Waals surface area (Å²) >= 11 is 0. The third kappa shape index (κ3) is 7.10. The van der Waals surface area contributed by atoms with E-state index < -0.39 is 0 Å². The van der Waals surface area contributed by atoms with Crippen LogP contribution in [0.25, 0.3) is 0 Å². The van der Waals surface area contributed by atoms with Crippen LogP contribution in [0.3, 0.4) is 0 Å². The Morgan fingerprint density at radius 2 is 1.86 bits per heavy atom. The number of amides is 2. The lowest BCUT2D eigenvalue weighted by molar-refractivity contribution is -0.121. The predicted molar refractivity (Wildman–Crippen MR) is 110 cm³/mol. The van der Waals surface area contributed by atoms with Crippen LogP contribution in [-0.2, 0) is 11.2 Å². The summed E-state index contributed by atoms with van der Waals surface area (Å²) in [6, 6.07) is 10.3. The standard InChI is InChI=1S/C22H30N4O2/c1-4-13-26(22(28)20-16-23-18(3)15-24-20)14-12-21(27)25-17(2)10-11-19-8-6-5-7-9-19/h5-9,15-17H,4,10-14H2,1-3H3,(H,25,27). The van der Waals surface area contributed by atoms with Crippen molar-refractivity contribution in [3.05, 3.63) is 59.7 Å². The smallest absolute Gasteiger partial charge is 0.274 e. The Balaban J connectivity index is 1.80. The average molecular weight is 383 g/mol. The fourth-order valence-electron chi connectivity index (χ4n) is 2.93. The van der Waals surface area contributed by atoms with Gasteiger partial charge in [0.05, 0.1) is 11.9 Å². The van der Waals surface area contributed by atoms with Crippen molar-refractivity contribution >= 4 is 11.8 Å². The summed E-state index contributed by atoms with van der Waals surface area (Å²) in [6.07, 6.45) is 5.98. The molecule has 0 fully saturated rings. The van der Waals surface area contributed by atoms with Gasteiger partial charge in [0.2, 0.25) is 5.91 Å². The van der Waals surface area contributed by atoms with E-state index in [4.69, 9.17) is 0 Å². The lowest BCUT2D eigenvalue weighted by Crippen LogP contribution is -2.38. The Morgan fingerprint density at radius 3 is 2.50 bits per heavy atom. The SMILES string of the molecule is CCCN(CCC(=O)NC(C)CCc1ccccc1)C(=O)c1cnc(C)cn1. The first kappa shape index (κ1) is 21.5. The molecule has 6 nitrogen and oxygen atoms in total. The summed E-state index contributed by atoms with van der Waals surface area (Å²) in [4.78, 5) is 34.9. The molecule has 1 N–H and O–H groups in total. The largest absolute Gasteiger partial charge is 0.354 e. The minimum absolute atomic E-state index is 0.0375. The molecule has 150 valence electrons. The number of carbonyl (C=O) groups is 2. The first-order valence-electron chi connectivity index (χ1n) is 9.90. The summed E-state index contributed by atoms with van der Waals surface area (Å²) in [5.74, 6) is -0.219. The van der Waals surface area contributed by atoms with E-state index in [1.54, 1.807) is 11.1 Å². The van der Waals surface area contributed by atoms with Crippen LogP contribution in [0.1, 0.15) is 54.9 Å². The average Bonchev–Trinajstić information content (AvgIpc) is 2.70. The minimum Gasteiger partial charge on any atom is -0.354 e. The lowest BCUT2D eigenvalue weighted by Gasteiger charge is -2.22. The van der Waals surface area contributed by atoms with Gasteiger partial charge in [-0.2, -0.15) is 0 Å². The molecule has 0 saturated carbocycles. The van der Waals surface area contributed by atoms with Crippen LogP contribution in [-0.4, -0.2) is 45.8 Å². The van der Waals surface area contributed by atoms with Gasteiger partial charge in [-0.25, -0.2) is 4.98 Å². The second-order valence-electron chi connectivity index (χ2n) is 7.08. The van der Waals surface area contributed by atoms with E-state index in [9.17, 15) is 9.59 Å². The maximum atomic E-state index is 12.6. The van der Waals surface area contributed by atoms with E-state index >= 15 is 0 Å². The van der Waals surface area contributed by atoms with Crippen LogP contribution < -0.4 is 5.32 Å². The predicted octanol–water partition coefficient (Wildman–Crippen LogP) is 3.16. The van der Waals surface area contributed by atoms with Gasteiger partial charge in [0.15, 0.2) is 0 Å². The monoisotopic (exact) mass is 382 g/mol. The Kier molecular flexibility index (Phi) is 8.59. The molecule has 2 aromatic rings. The highest BCUT2D eigenvalue weighted by Crippen LogP contribution is 2.06. The van der Waals surface area contributed by atoms with Crippen LogP contribution in [0.2, 0.25) is 0 Å². The highest BCUT2D eigenvalue weighted by molar-refractivity contribution is 5.92. The van der Waals surface area contributed by atoms with Crippen molar-refractivity contribution in [2.24, 2.45) is 0 Å². The number of aromatic nitrogens is 2. The summed E-state index contributed by atoms with van der Waals surface area (Å²) in [6.45, 7) is 6.81. The number of rotatable bonds is 10. The van der Waals surface area contributed by atoms with Crippen LogP contribution in [0.5, 0.6) is 0 Å². The molecule has 1 aromatic heterocycles. The van der Waals surface area contributed by atoms with Gasteiger partial charge in [0, 0.05) is 31.7 Å². The number of hydrogen-bond acceptors (Lipinski definition) is 4. The molecule has 2 rings (SSSR count). The molecule has 1 heterocycles. The third-order valence-corrected chi connectivity index (χ3v) is 4.51. The first-order chi connectivity index (χ1) is 13.5. The van der Waals surface area contributed by atoms with Crippen LogP contribution in [0, 0.1) is 6.92 Å². The Morgan fingerprint density at radius 1 is 1.11 bits per heavy atom. The topological polar surface area (TPSA) is 75.2 Å². The Hall–Kier alpha value is -2.76. The van der Waals surface area contributed by atoms with Gasteiger partial charge in [-0.15, -0.1) is 0 Å². The van der Waals surface area contributed by atoms with Crippen molar-refractivity contribution in [3.8, 4) is 0 Å². The number of aryl methyl sites for hydroxylation is 2. The maximum Gasteiger partial charge on any atom is 0.274 e. The quantitative estimate of drug-likeness (QED) is 0.685. The van der Waals surface area contributed by atoms with E-state index in [-0.39, 0.29) is 24.3 Å². The number of nitrogens with zero attached hydrogens (tertiary/aromatic N) is 3. The van der Waals surface area contributed by atoms with Crippen LogP contribution in [0.15, 0.2) is 42.7 Å². The van der Waals surface area contributed by atoms with E-state index in [1.165, 1.54) is 11.8 Å². The highest BCUT2D eigenvalue weighted by Gasteiger charge is 2.18. The lowest BCUT2D eigenvalue weighted by atomic mass is 10.1. The summed E-state index contributed by atoms with van der Waals surface area (Å²) in [5.41, 5.74) is 2.35. The van der Waals surface area contributed by atoms with Crippen molar-refractivity contribution in [2.45, 2.75) is 52.5 Å². The number of carbonyl (C=O) groups excluding carboxylic acids is 2. The molecular formula is C22H30N4O2. The van der Waals surface area contributed by atoms with E-state index in [0.717, 1.165) is 25.0 Å². The molecule has 0 spiro atoms. The van der Waals surface area contributed by atoms with Gasteiger partial charge in [0.25, 0.3) is 5.91 Å². The van der Waals surface area contributed by atoms with Gasteiger partial charge in [-0.3, -0.25) is 14.6 Å². The first-order valence-corrected chi connectivity index (χ1v) is 9.90. The molecule has 0 saturated heterocycles. The zero-order valence-corrected chi connectivity index (χ0v) is 17.0. The molecule has 1 atom stereocenters. The van der Waals surface area contributed by atoms with Gasteiger partial charge in [-0.1, -0.05) is 37.3 Å². The van der Waals surface area contributed by atoms with Crippen molar-refractivity contribution in [3.63, 3.8) is 0 Å². The summed E-state index contributed by atoms with van der Waals surface area (Å²) in [7, 11) is 0. The van der Waals surface area contributed by atoms with Crippen molar-refractivity contribution in [1.29, 1.82) is 0 Å².